The molecule has 1 heterocycles. The quantitative estimate of drug-likeness (QED) is 0.627. The van der Waals surface area contributed by atoms with E-state index in [9.17, 15) is 9.18 Å². The fourth-order valence-corrected chi connectivity index (χ4v) is 0.835. The third kappa shape index (κ3) is 1.42. The van der Waals surface area contributed by atoms with Crippen molar-refractivity contribution in [2.75, 3.05) is 7.11 Å². The van der Waals surface area contributed by atoms with Gasteiger partial charge in [0.2, 0.25) is 5.88 Å². The number of carbonyl (C=O) groups is 1. The second-order valence-corrected chi connectivity index (χ2v) is 2.27. The van der Waals surface area contributed by atoms with Gasteiger partial charge in [-0.25, -0.2) is 9.37 Å². The second kappa shape index (κ2) is 3.30. The maximum Gasteiger partial charge on any atom is 0.250 e. The van der Waals surface area contributed by atoms with Crippen LogP contribution in [0.3, 0.4) is 0 Å². The van der Waals surface area contributed by atoms with E-state index >= 15 is 0 Å². The van der Waals surface area contributed by atoms with Gasteiger partial charge >= 0.3 is 0 Å². The van der Waals surface area contributed by atoms with Crippen LogP contribution in [-0.2, 0) is 0 Å². The van der Waals surface area contributed by atoms with Crippen molar-refractivity contribution < 1.29 is 13.9 Å². The van der Waals surface area contributed by atoms with Gasteiger partial charge in [-0.05, 0) is 13.0 Å². The molecule has 3 nitrogen and oxygen atoms in total. The van der Waals surface area contributed by atoms with Crippen molar-refractivity contribution >= 4 is 6.29 Å². The molecule has 1 rings (SSSR count). The van der Waals surface area contributed by atoms with Crippen LogP contribution < -0.4 is 4.74 Å². The van der Waals surface area contributed by atoms with Crippen molar-refractivity contribution in [3.05, 3.63) is 23.1 Å². The van der Waals surface area contributed by atoms with Crippen molar-refractivity contribution in [3.63, 3.8) is 0 Å². The van der Waals surface area contributed by atoms with Gasteiger partial charge in [-0.1, -0.05) is 0 Å². The van der Waals surface area contributed by atoms with E-state index in [-0.39, 0.29) is 11.4 Å². The number of aromatic nitrogens is 1. The predicted molar refractivity (Wildman–Crippen MR) is 40.9 cm³/mol. The lowest BCUT2D eigenvalue weighted by Gasteiger charge is -2.02. The summed E-state index contributed by atoms with van der Waals surface area (Å²) in [5, 5.41) is 0. The van der Waals surface area contributed by atoms with E-state index in [1.165, 1.54) is 7.11 Å². The Balaban J connectivity index is 3.25. The van der Waals surface area contributed by atoms with E-state index < -0.39 is 5.82 Å². The SMILES string of the molecule is COc1nc(C)c(C=O)cc1F. The molecular weight excluding hydrogens is 161 g/mol. The normalized spacial score (nSPS) is 9.58. The summed E-state index contributed by atoms with van der Waals surface area (Å²) in [5.41, 5.74) is 0.705. The Labute approximate surface area is 69.2 Å². The average Bonchev–Trinajstić information content (AvgIpc) is 2.08. The first-order valence-electron chi connectivity index (χ1n) is 3.35. The van der Waals surface area contributed by atoms with E-state index in [1.54, 1.807) is 6.92 Å². The molecule has 0 aliphatic heterocycles. The third-order valence-electron chi connectivity index (χ3n) is 1.49. The lowest BCUT2D eigenvalue weighted by molar-refractivity contribution is 0.112. The molecule has 0 saturated carbocycles. The molecule has 0 N–H and O–H groups in total. The van der Waals surface area contributed by atoms with Crippen LogP contribution in [0, 0.1) is 12.7 Å². The number of carbonyl (C=O) groups excluding carboxylic acids is 1. The van der Waals surface area contributed by atoms with Gasteiger partial charge in [0, 0.05) is 5.56 Å². The van der Waals surface area contributed by atoms with E-state index in [4.69, 9.17) is 0 Å². The monoisotopic (exact) mass is 169 g/mol. The van der Waals surface area contributed by atoms with Crippen LogP contribution >= 0.6 is 0 Å². The van der Waals surface area contributed by atoms with Crippen molar-refractivity contribution in [2.24, 2.45) is 0 Å². The molecule has 0 aromatic carbocycles. The Morgan fingerprint density at radius 3 is 2.83 bits per heavy atom. The molecule has 0 bridgehead atoms. The number of halogens is 1. The van der Waals surface area contributed by atoms with E-state index in [2.05, 4.69) is 9.72 Å². The Kier molecular flexibility index (Phi) is 2.38. The predicted octanol–water partition coefficient (Wildman–Crippen LogP) is 1.35. The zero-order valence-corrected chi connectivity index (χ0v) is 6.80. The third-order valence-corrected chi connectivity index (χ3v) is 1.49. The summed E-state index contributed by atoms with van der Waals surface area (Å²) in [5.74, 6) is -0.705. The molecule has 4 heteroatoms. The van der Waals surface area contributed by atoms with Crippen molar-refractivity contribution in [1.82, 2.24) is 4.98 Å². The molecule has 1 aromatic rings. The first-order valence-corrected chi connectivity index (χ1v) is 3.35. The summed E-state index contributed by atoms with van der Waals surface area (Å²) >= 11 is 0. The summed E-state index contributed by atoms with van der Waals surface area (Å²) in [4.78, 5) is 14.1. The van der Waals surface area contributed by atoms with Crippen molar-refractivity contribution in [3.8, 4) is 5.88 Å². The van der Waals surface area contributed by atoms with Crippen LogP contribution in [0.5, 0.6) is 5.88 Å². The molecule has 0 atom stereocenters. The first kappa shape index (κ1) is 8.64. The van der Waals surface area contributed by atoms with Crippen molar-refractivity contribution in [1.29, 1.82) is 0 Å². The molecule has 0 unspecified atom stereocenters. The number of aryl methyl sites for hydroxylation is 1. The summed E-state index contributed by atoms with van der Waals surface area (Å²) < 4.78 is 17.5. The summed E-state index contributed by atoms with van der Waals surface area (Å²) in [6.07, 6.45) is 0.560. The Morgan fingerprint density at radius 2 is 2.33 bits per heavy atom. The molecular formula is C8H8FNO2. The lowest BCUT2D eigenvalue weighted by Crippen LogP contribution is -1.98. The van der Waals surface area contributed by atoms with Crippen LogP contribution in [0.25, 0.3) is 0 Å². The Morgan fingerprint density at radius 1 is 1.67 bits per heavy atom. The topological polar surface area (TPSA) is 39.2 Å². The summed E-state index contributed by atoms with van der Waals surface area (Å²) in [7, 11) is 1.32. The van der Waals surface area contributed by atoms with E-state index in [0.29, 0.717) is 12.0 Å². The minimum Gasteiger partial charge on any atom is -0.479 e. The number of aldehydes is 1. The van der Waals surface area contributed by atoms with Crippen LogP contribution in [0.1, 0.15) is 16.1 Å². The molecule has 0 fully saturated rings. The number of nitrogens with zero attached hydrogens (tertiary/aromatic N) is 1. The van der Waals surface area contributed by atoms with Gasteiger partial charge in [-0.3, -0.25) is 4.79 Å². The van der Waals surface area contributed by atoms with Crippen molar-refractivity contribution in [2.45, 2.75) is 6.92 Å². The van der Waals surface area contributed by atoms with Gasteiger partial charge < -0.3 is 4.74 Å². The summed E-state index contributed by atoms with van der Waals surface area (Å²) in [6, 6.07) is 1.11. The highest BCUT2D eigenvalue weighted by Gasteiger charge is 2.07. The fraction of sp³-hybridized carbons (Fsp3) is 0.250. The number of hydrogen-bond donors (Lipinski definition) is 0. The minimum atomic E-state index is -0.620. The lowest BCUT2D eigenvalue weighted by atomic mass is 10.2. The number of rotatable bonds is 2. The molecule has 0 saturated heterocycles. The van der Waals surface area contributed by atoms with Crippen LogP contribution in [-0.4, -0.2) is 18.4 Å². The number of hydrogen-bond acceptors (Lipinski definition) is 3. The number of ether oxygens (including phenoxy) is 1. The largest absolute Gasteiger partial charge is 0.479 e. The van der Waals surface area contributed by atoms with Crippen LogP contribution in [0.4, 0.5) is 4.39 Å². The van der Waals surface area contributed by atoms with Gasteiger partial charge in [-0.15, -0.1) is 0 Å². The molecule has 12 heavy (non-hydrogen) atoms. The Hall–Kier alpha value is -1.45. The molecule has 0 spiro atoms. The molecule has 0 amide bonds. The Bertz CT molecular complexity index is 312. The van der Waals surface area contributed by atoms with E-state index in [1.807, 2.05) is 0 Å². The second-order valence-electron chi connectivity index (χ2n) is 2.27. The maximum absolute atomic E-state index is 12.9. The van der Waals surface area contributed by atoms with Gasteiger partial charge in [0.25, 0.3) is 0 Å². The molecule has 64 valence electrons. The van der Waals surface area contributed by atoms with Gasteiger partial charge in [0.1, 0.15) is 0 Å². The van der Waals surface area contributed by atoms with Crippen LogP contribution in [0.15, 0.2) is 6.07 Å². The fourth-order valence-electron chi connectivity index (χ4n) is 0.835. The summed E-state index contributed by atoms with van der Waals surface area (Å²) in [6.45, 7) is 1.62. The highest BCUT2D eigenvalue weighted by atomic mass is 19.1. The van der Waals surface area contributed by atoms with Gasteiger partial charge in [0.15, 0.2) is 12.1 Å². The zero-order chi connectivity index (χ0) is 9.14. The highest BCUT2D eigenvalue weighted by Crippen LogP contribution is 2.15. The smallest absolute Gasteiger partial charge is 0.250 e. The molecule has 1 aromatic heterocycles. The maximum atomic E-state index is 12.9. The van der Waals surface area contributed by atoms with Crippen LogP contribution in [0.2, 0.25) is 0 Å². The highest BCUT2D eigenvalue weighted by molar-refractivity contribution is 5.76. The molecule has 0 aliphatic carbocycles. The average molecular weight is 169 g/mol. The standard InChI is InChI=1S/C8H8FNO2/c1-5-6(4-11)3-7(9)8(10-5)12-2/h3-4H,1-2H3. The first-order chi connectivity index (χ1) is 5.69. The number of pyridine rings is 1. The minimum absolute atomic E-state index is 0.0851. The molecule has 0 radical (unpaired) electrons. The zero-order valence-electron chi connectivity index (χ0n) is 6.80. The van der Waals surface area contributed by atoms with E-state index in [0.717, 1.165) is 6.07 Å². The molecule has 0 aliphatic rings. The van der Waals surface area contributed by atoms with Gasteiger partial charge in [-0.2, -0.15) is 0 Å². The van der Waals surface area contributed by atoms with Gasteiger partial charge in [0.05, 0.1) is 12.8 Å². The number of methoxy groups -OCH3 is 1.